The molecule has 1 aromatic carbocycles. The van der Waals surface area contributed by atoms with E-state index in [0.717, 1.165) is 73.4 Å². The van der Waals surface area contributed by atoms with Crippen molar-refractivity contribution in [1.82, 2.24) is 23.9 Å². The quantitative estimate of drug-likeness (QED) is 0.309. The zero-order valence-corrected chi connectivity index (χ0v) is 23.0. The van der Waals surface area contributed by atoms with Gasteiger partial charge in [-0.05, 0) is 87.8 Å². The van der Waals surface area contributed by atoms with Gasteiger partial charge in [-0.2, -0.15) is 0 Å². The van der Waals surface area contributed by atoms with Crippen molar-refractivity contribution >= 4 is 16.9 Å². The molecule has 1 aliphatic rings. The van der Waals surface area contributed by atoms with Crippen LogP contribution in [0.25, 0.3) is 22.4 Å². The number of rotatable bonds is 12. The summed E-state index contributed by atoms with van der Waals surface area (Å²) < 4.78 is 4.41. The second-order valence-electron chi connectivity index (χ2n) is 11.4. The van der Waals surface area contributed by atoms with E-state index < -0.39 is 0 Å². The van der Waals surface area contributed by atoms with Crippen LogP contribution in [0.15, 0.2) is 36.7 Å². The van der Waals surface area contributed by atoms with Crippen molar-refractivity contribution in [2.75, 3.05) is 32.7 Å². The van der Waals surface area contributed by atoms with Crippen molar-refractivity contribution in [1.29, 1.82) is 0 Å². The van der Waals surface area contributed by atoms with Crippen LogP contribution in [0.1, 0.15) is 70.2 Å². The average molecular weight is 492 g/mol. The third-order valence-electron chi connectivity index (χ3n) is 7.38. The van der Waals surface area contributed by atoms with Crippen molar-refractivity contribution < 1.29 is 4.79 Å². The number of amides is 1. The molecule has 3 heterocycles. The molecule has 0 N–H and O–H groups in total. The van der Waals surface area contributed by atoms with E-state index in [-0.39, 0.29) is 5.91 Å². The maximum absolute atomic E-state index is 13.7. The highest BCUT2D eigenvalue weighted by molar-refractivity contribution is 5.98. The predicted molar refractivity (Wildman–Crippen MR) is 149 cm³/mol. The second-order valence-corrected chi connectivity index (χ2v) is 11.4. The van der Waals surface area contributed by atoms with Crippen LogP contribution in [0.3, 0.4) is 0 Å². The number of carbonyl (C=O) groups is 1. The summed E-state index contributed by atoms with van der Waals surface area (Å²) in [6.07, 6.45) is 9.97. The highest BCUT2D eigenvalue weighted by atomic mass is 16.2. The standard InChI is InChI=1S/C30H45N5O/c1-23(2)11-19-34(20-12-24(3)4)30(36)25-9-10-27-28(21-25)35(17-8-16-33-14-6-7-15-33)29(31-27)26-13-18-32(5)22-26/h9-10,13,18,21-24H,6-8,11-12,14-17,19-20H2,1-5H3. The molecule has 0 spiro atoms. The Kier molecular flexibility index (Phi) is 8.89. The molecule has 196 valence electrons. The van der Waals surface area contributed by atoms with Crippen molar-refractivity contribution in [3.63, 3.8) is 0 Å². The molecule has 36 heavy (non-hydrogen) atoms. The molecule has 0 unspecified atom stereocenters. The zero-order chi connectivity index (χ0) is 25.7. The molecule has 1 fully saturated rings. The Balaban J connectivity index is 1.63. The summed E-state index contributed by atoms with van der Waals surface area (Å²) in [6.45, 7) is 15.0. The number of likely N-dealkylation sites (tertiary alicyclic amines) is 1. The minimum Gasteiger partial charge on any atom is -0.357 e. The molecule has 1 saturated heterocycles. The van der Waals surface area contributed by atoms with Crippen LogP contribution in [0.5, 0.6) is 0 Å². The summed E-state index contributed by atoms with van der Waals surface area (Å²) in [7, 11) is 2.05. The Morgan fingerprint density at radius 1 is 1.00 bits per heavy atom. The van der Waals surface area contributed by atoms with E-state index in [4.69, 9.17) is 4.98 Å². The molecule has 1 aliphatic heterocycles. The summed E-state index contributed by atoms with van der Waals surface area (Å²) in [6, 6.07) is 8.22. The maximum atomic E-state index is 13.7. The number of imidazole rings is 1. The normalized spacial score (nSPS) is 14.5. The summed E-state index contributed by atoms with van der Waals surface area (Å²) in [5.74, 6) is 2.29. The Labute approximate surface area is 217 Å². The third-order valence-corrected chi connectivity index (χ3v) is 7.38. The van der Waals surface area contributed by atoms with Gasteiger partial charge in [-0.15, -0.1) is 0 Å². The van der Waals surface area contributed by atoms with E-state index in [9.17, 15) is 4.79 Å². The van der Waals surface area contributed by atoms with Gasteiger partial charge < -0.3 is 18.9 Å². The molecule has 0 bridgehead atoms. The van der Waals surface area contributed by atoms with Gasteiger partial charge in [-0.1, -0.05) is 27.7 Å². The summed E-state index contributed by atoms with van der Waals surface area (Å²) in [5, 5.41) is 0. The SMILES string of the molecule is CC(C)CCN(CCC(C)C)C(=O)c1ccc2nc(-c3ccn(C)c3)n(CCCN3CCCC3)c2c1. The minimum absolute atomic E-state index is 0.143. The van der Waals surface area contributed by atoms with Crippen LogP contribution in [-0.4, -0.2) is 62.5 Å². The third kappa shape index (κ3) is 6.58. The molecule has 3 aromatic rings. The van der Waals surface area contributed by atoms with Gasteiger partial charge >= 0.3 is 0 Å². The van der Waals surface area contributed by atoms with Crippen molar-refractivity contribution in [2.24, 2.45) is 18.9 Å². The van der Waals surface area contributed by atoms with Crippen molar-refractivity contribution in [3.05, 3.63) is 42.2 Å². The van der Waals surface area contributed by atoms with Crippen LogP contribution in [-0.2, 0) is 13.6 Å². The lowest BCUT2D eigenvalue weighted by molar-refractivity contribution is 0.0741. The Hall–Kier alpha value is -2.60. The fourth-order valence-corrected chi connectivity index (χ4v) is 5.12. The van der Waals surface area contributed by atoms with Gasteiger partial charge in [-0.3, -0.25) is 4.79 Å². The molecule has 0 aliphatic carbocycles. The summed E-state index contributed by atoms with van der Waals surface area (Å²) in [4.78, 5) is 23.3. The van der Waals surface area contributed by atoms with Crippen LogP contribution >= 0.6 is 0 Å². The number of fused-ring (bicyclic) bond motifs is 1. The molecule has 0 atom stereocenters. The van der Waals surface area contributed by atoms with Gasteiger partial charge in [0.1, 0.15) is 5.82 Å². The van der Waals surface area contributed by atoms with Crippen molar-refractivity contribution in [2.45, 2.75) is 66.3 Å². The molecule has 4 rings (SSSR count). The first-order chi connectivity index (χ1) is 17.3. The highest BCUT2D eigenvalue weighted by Crippen LogP contribution is 2.27. The summed E-state index contributed by atoms with van der Waals surface area (Å²) in [5.41, 5.74) is 3.92. The zero-order valence-electron chi connectivity index (χ0n) is 23.0. The topological polar surface area (TPSA) is 46.3 Å². The first-order valence-corrected chi connectivity index (χ1v) is 14.0. The van der Waals surface area contributed by atoms with E-state index in [2.05, 4.69) is 71.2 Å². The lowest BCUT2D eigenvalue weighted by Crippen LogP contribution is -2.34. The number of carbonyl (C=O) groups excluding carboxylic acids is 1. The summed E-state index contributed by atoms with van der Waals surface area (Å²) >= 11 is 0. The second kappa shape index (κ2) is 12.1. The van der Waals surface area contributed by atoms with E-state index >= 15 is 0 Å². The maximum Gasteiger partial charge on any atom is 0.253 e. The van der Waals surface area contributed by atoms with Gasteiger partial charge in [0, 0.05) is 50.2 Å². The Morgan fingerprint density at radius 2 is 1.69 bits per heavy atom. The van der Waals surface area contributed by atoms with Crippen molar-refractivity contribution in [3.8, 4) is 11.4 Å². The van der Waals surface area contributed by atoms with Gasteiger partial charge in [-0.25, -0.2) is 4.98 Å². The first kappa shape index (κ1) is 26.5. The van der Waals surface area contributed by atoms with Crippen LogP contribution < -0.4 is 0 Å². The van der Waals surface area contributed by atoms with Gasteiger partial charge in [0.15, 0.2) is 0 Å². The fourth-order valence-electron chi connectivity index (χ4n) is 5.12. The predicted octanol–water partition coefficient (Wildman–Crippen LogP) is 6.06. The van der Waals surface area contributed by atoms with Crippen LogP contribution in [0.2, 0.25) is 0 Å². The number of benzene rings is 1. The lowest BCUT2D eigenvalue weighted by atomic mass is 10.1. The van der Waals surface area contributed by atoms with Gasteiger partial charge in [0.05, 0.1) is 11.0 Å². The van der Waals surface area contributed by atoms with E-state index in [1.165, 1.54) is 25.9 Å². The Bertz CT molecular complexity index is 1120. The molecule has 0 radical (unpaired) electrons. The molecule has 1 amide bonds. The van der Waals surface area contributed by atoms with Gasteiger partial charge in [0.25, 0.3) is 5.91 Å². The molecule has 2 aromatic heterocycles. The first-order valence-electron chi connectivity index (χ1n) is 14.0. The van der Waals surface area contributed by atoms with E-state index in [0.29, 0.717) is 11.8 Å². The average Bonchev–Trinajstić information content (AvgIpc) is 3.58. The van der Waals surface area contributed by atoms with Crippen LogP contribution in [0.4, 0.5) is 0 Å². The number of hydrogen-bond donors (Lipinski definition) is 0. The lowest BCUT2D eigenvalue weighted by Gasteiger charge is -2.25. The number of aryl methyl sites for hydroxylation is 2. The number of hydrogen-bond acceptors (Lipinski definition) is 3. The molecular formula is C30H45N5O. The van der Waals surface area contributed by atoms with E-state index in [1.54, 1.807) is 0 Å². The number of aromatic nitrogens is 3. The molecule has 6 heteroatoms. The Morgan fingerprint density at radius 3 is 2.31 bits per heavy atom. The molecule has 6 nitrogen and oxygen atoms in total. The minimum atomic E-state index is 0.143. The smallest absolute Gasteiger partial charge is 0.253 e. The fraction of sp³-hybridized carbons (Fsp3) is 0.600. The van der Waals surface area contributed by atoms with Crippen LogP contribution in [0, 0.1) is 11.8 Å². The number of nitrogens with zero attached hydrogens (tertiary/aromatic N) is 5. The highest BCUT2D eigenvalue weighted by Gasteiger charge is 2.20. The molecule has 0 saturated carbocycles. The largest absolute Gasteiger partial charge is 0.357 e. The van der Waals surface area contributed by atoms with Gasteiger partial charge in [0.2, 0.25) is 0 Å². The molecular weight excluding hydrogens is 446 g/mol. The monoisotopic (exact) mass is 491 g/mol. The van der Waals surface area contributed by atoms with E-state index in [1.807, 2.05) is 19.2 Å².